The lowest BCUT2D eigenvalue weighted by atomic mass is 10.0. The Morgan fingerprint density at radius 2 is 2.15 bits per heavy atom. The van der Waals surface area contributed by atoms with Crippen LogP contribution in [-0.2, 0) is 14.8 Å². The molecule has 9 heteroatoms. The molecule has 0 radical (unpaired) electrons. The van der Waals surface area contributed by atoms with Gasteiger partial charge in [0.1, 0.15) is 16.7 Å². The third-order valence-corrected chi connectivity index (χ3v) is 7.13. The first kappa shape index (κ1) is 21.1. The molecule has 0 aromatic heterocycles. The van der Waals surface area contributed by atoms with Crippen LogP contribution in [0.25, 0.3) is 0 Å². The molecule has 146 valence electrons. The molecule has 0 unspecified atom stereocenters. The van der Waals surface area contributed by atoms with Crippen molar-refractivity contribution in [2.24, 2.45) is 5.92 Å². The molecule has 2 rings (SSSR count). The first-order chi connectivity index (χ1) is 12.1. The van der Waals surface area contributed by atoms with E-state index in [0.717, 1.165) is 0 Å². The lowest BCUT2D eigenvalue weighted by molar-refractivity contribution is -0.129. The Labute approximate surface area is 163 Å². The number of hydrogen-bond acceptors (Lipinski definition) is 5. The number of carbonyl (C=O) groups is 1. The number of ether oxygens (including phenoxy) is 1. The average molecular weight is 449 g/mol. The third kappa shape index (κ3) is 4.39. The molecule has 1 amide bonds. The predicted molar refractivity (Wildman–Crippen MR) is 101 cm³/mol. The van der Waals surface area contributed by atoms with E-state index in [1.54, 1.807) is 31.0 Å². The monoisotopic (exact) mass is 448 g/mol. The molecular weight excluding hydrogens is 424 g/mol. The smallest absolute Gasteiger partial charge is 0.247 e. The van der Waals surface area contributed by atoms with Crippen molar-refractivity contribution >= 4 is 31.9 Å². The Kier molecular flexibility index (Phi) is 6.70. The molecule has 0 spiro atoms. The topological polar surface area (TPSA) is 87.2 Å². The van der Waals surface area contributed by atoms with Gasteiger partial charge in [-0.1, -0.05) is 22.9 Å². The van der Waals surface area contributed by atoms with E-state index in [1.807, 2.05) is 6.92 Å². The lowest BCUT2D eigenvalue weighted by Crippen LogP contribution is -2.50. The molecule has 0 saturated heterocycles. The molecule has 0 saturated carbocycles. The summed E-state index contributed by atoms with van der Waals surface area (Å²) in [5.41, 5.74) is 0. The van der Waals surface area contributed by atoms with Gasteiger partial charge >= 0.3 is 0 Å². The number of likely N-dealkylation sites (N-methyl/N-ethyl adjacent to an activating group) is 1. The maximum atomic E-state index is 13.1. The second kappa shape index (κ2) is 8.24. The van der Waals surface area contributed by atoms with Gasteiger partial charge in [-0.25, -0.2) is 8.42 Å². The Morgan fingerprint density at radius 1 is 1.50 bits per heavy atom. The number of amides is 1. The number of sulfonamides is 1. The second-order valence-electron chi connectivity index (χ2n) is 6.73. The highest BCUT2D eigenvalue weighted by atomic mass is 79.9. The van der Waals surface area contributed by atoms with Gasteiger partial charge in [-0.2, -0.15) is 4.31 Å². The first-order valence-corrected chi connectivity index (χ1v) is 10.6. The number of aliphatic hydroxyl groups excluding tert-OH is 1. The van der Waals surface area contributed by atoms with Crippen molar-refractivity contribution in [2.75, 3.05) is 26.7 Å². The third-order valence-electron chi connectivity index (χ3n) is 4.62. The lowest BCUT2D eigenvalue weighted by Gasteiger charge is -2.37. The average Bonchev–Trinajstić information content (AvgIpc) is 2.56. The number of rotatable bonds is 4. The Morgan fingerprint density at radius 3 is 2.73 bits per heavy atom. The molecule has 0 fully saturated rings. The van der Waals surface area contributed by atoms with E-state index in [-0.39, 0.29) is 41.7 Å². The van der Waals surface area contributed by atoms with Crippen LogP contribution in [0.15, 0.2) is 27.6 Å². The van der Waals surface area contributed by atoms with Crippen molar-refractivity contribution in [3.63, 3.8) is 0 Å². The van der Waals surface area contributed by atoms with Crippen molar-refractivity contribution < 1.29 is 23.1 Å². The van der Waals surface area contributed by atoms with Gasteiger partial charge in [-0.05, 0) is 25.1 Å². The summed E-state index contributed by atoms with van der Waals surface area (Å²) in [6, 6.07) is 4.19. The molecule has 1 N–H and O–H groups in total. The second-order valence-corrected chi connectivity index (χ2v) is 9.51. The standard InChI is InChI=1S/C17H25BrN2O5S/c1-11-8-20(12(2)10-21)26(23,24)17-6-5-14(18)7-15(17)25-16(11)9-19(4)13(3)22/h5-7,11-12,16,21H,8-10H2,1-4H3/t11-,12-,16+/m1/s1. The predicted octanol–water partition coefficient (Wildman–Crippen LogP) is 1.70. The van der Waals surface area contributed by atoms with E-state index >= 15 is 0 Å². The van der Waals surface area contributed by atoms with Gasteiger partial charge in [-0.3, -0.25) is 4.79 Å². The van der Waals surface area contributed by atoms with Crippen LogP contribution >= 0.6 is 15.9 Å². The number of nitrogens with zero attached hydrogens (tertiary/aromatic N) is 2. The summed E-state index contributed by atoms with van der Waals surface area (Å²) in [6.45, 7) is 5.27. The maximum Gasteiger partial charge on any atom is 0.247 e. The number of fused-ring (bicyclic) bond motifs is 1. The zero-order valence-electron chi connectivity index (χ0n) is 15.3. The van der Waals surface area contributed by atoms with E-state index in [0.29, 0.717) is 11.0 Å². The van der Waals surface area contributed by atoms with Gasteiger partial charge in [0.15, 0.2) is 0 Å². The minimum atomic E-state index is -3.82. The highest BCUT2D eigenvalue weighted by molar-refractivity contribution is 9.10. The fourth-order valence-corrected chi connectivity index (χ4v) is 4.98. The normalized spacial score (nSPS) is 23.9. The number of halogens is 1. The van der Waals surface area contributed by atoms with Crippen LogP contribution in [0.1, 0.15) is 20.8 Å². The fraction of sp³-hybridized carbons (Fsp3) is 0.588. The largest absolute Gasteiger partial charge is 0.487 e. The summed E-state index contributed by atoms with van der Waals surface area (Å²) in [5.74, 6) is -0.0405. The van der Waals surface area contributed by atoms with E-state index < -0.39 is 16.1 Å². The molecular formula is C17H25BrN2O5S. The van der Waals surface area contributed by atoms with Crippen LogP contribution in [0, 0.1) is 5.92 Å². The molecule has 1 aromatic rings. The highest BCUT2D eigenvalue weighted by Crippen LogP contribution is 2.35. The van der Waals surface area contributed by atoms with Crippen LogP contribution < -0.4 is 4.74 Å². The van der Waals surface area contributed by atoms with Gasteiger partial charge < -0.3 is 14.7 Å². The molecule has 1 aromatic carbocycles. The van der Waals surface area contributed by atoms with Crippen molar-refractivity contribution in [3.05, 3.63) is 22.7 Å². The van der Waals surface area contributed by atoms with Gasteiger partial charge in [0, 0.05) is 36.9 Å². The Bertz CT molecular complexity index is 770. The van der Waals surface area contributed by atoms with Crippen LogP contribution in [-0.4, -0.2) is 67.5 Å². The van der Waals surface area contributed by atoms with E-state index in [1.165, 1.54) is 17.3 Å². The van der Waals surface area contributed by atoms with Crippen LogP contribution in [0.3, 0.4) is 0 Å². The van der Waals surface area contributed by atoms with Gasteiger partial charge in [0.2, 0.25) is 15.9 Å². The number of benzene rings is 1. The maximum absolute atomic E-state index is 13.1. The number of carbonyl (C=O) groups excluding carboxylic acids is 1. The fourth-order valence-electron chi connectivity index (χ4n) is 2.82. The molecule has 1 aliphatic rings. The summed E-state index contributed by atoms with van der Waals surface area (Å²) < 4.78 is 34.3. The van der Waals surface area contributed by atoms with E-state index in [2.05, 4.69) is 15.9 Å². The van der Waals surface area contributed by atoms with Crippen molar-refractivity contribution in [3.8, 4) is 5.75 Å². The van der Waals surface area contributed by atoms with E-state index in [4.69, 9.17) is 4.74 Å². The summed E-state index contributed by atoms with van der Waals surface area (Å²) in [7, 11) is -2.14. The van der Waals surface area contributed by atoms with Crippen LogP contribution in [0.4, 0.5) is 0 Å². The first-order valence-electron chi connectivity index (χ1n) is 8.38. The Hall–Kier alpha value is -1.16. The zero-order chi connectivity index (χ0) is 19.6. The highest BCUT2D eigenvalue weighted by Gasteiger charge is 2.38. The summed E-state index contributed by atoms with van der Waals surface area (Å²) in [5, 5.41) is 9.55. The summed E-state index contributed by atoms with van der Waals surface area (Å²) in [4.78, 5) is 13.2. The zero-order valence-corrected chi connectivity index (χ0v) is 17.7. The minimum Gasteiger partial charge on any atom is -0.487 e. The van der Waals surface area contributed by atoms with Crippen LogP contribution in [0.5, 0.6) is 5.75 Å². The van der Waals surface area contributed by atoms with Gasteiger partial charge in [0.25, 0.3) is 0 Å². The molecule has 1 heterocycles. The SMILES string of the molecule is CC(=O)N(C)C[C@@H]1Oc2cc(Br)ccc2S(=O)(=O)N([C@H](C)CO)C[C@H]1C. The van der Waals surface area contributed by atoms with Gasteiger partial charge in [-0.15, -0.1) is 0 Å². The molecule has 0 bridgehead atoms. The Balaban J connectivity index is 2.54. The summed E-state index contributed by atoms with van der Waals surface area (Å²) >= 11 is 3.35. The quantitative estimate of drug-likeness (QED) is 0.756. The van der Waals surface area contributed by atoms with Crippen molar-refractivity contribution in [2.45, 2.75) is 37.8 Å². The number of hydrogen-bond donors (Lipinski definition) is 1. The molecule has 3 atom stereocenters. The summed E-state index contributed by atoms with van der Waals surface area (Å²) in [6.07, 6.45) is -0.388. The molecule has 26 heavy (non-hydrogen) atoms. The molecule has 7 nitrogen and oxygen atoms in total. The van der Waals surface area contributed by atoms with Crippen molar-refractivity contribution in [1.29, 1.82) is 0 Å². The number of aliphatic hydroxyl groups is 1. The van der Waals surface area contributed by atoms with Gasteiger partial charge in [0.05, 0.1) is 13.2 Å². The van der Waals surface area contributed by atoms with Crippen LogP contribution in [0.2, 0.25) is 0 Å². The van der Waals surface area contributed by atoms with E-state index in [9.17, 15) is 18.3 Å². The van der Waals surface area contributed by atoms with Crippen molar-refractivity contribution in [1.82, 2.24) is 9.21 Å². The molecule has 1 aliphatic heterocycles. The minimum absolute atomic E-state index is 0.0587. The molecule has 0 aliphatic carbocycles.